The molecule has 2 aromatic rings. The number of nitrogens with one attached hydrogen (secondary N) is 2. The first kappa shape index (κ1) is 10.1. The molecular formula is C8H7ClN4OS. The number of aromatic nitrogens is 3. The smallest absolute Gasteiger partial charge is 0.304 e. The molecule has 0 saturated heterocycles. The molecule has 0 aliphatic rings. The van der Waals surface area contributed by atoms with Crippen LogP contribution in [-0.2, 0) is 6.54 Å². The minimum Gasteiger partial charge on any atom is -0.364 e. The van der Waals surface area contributed by atoms with E-state index in [0.29, 0.717) is 12.4 Å². The van der Waals surface area contributed by atoms with Gasteiger partial charge in [-0.2, -0.15) is 0 Å². The van der Waals surface area contributed by atoms with Crippen LogP contribution in [0.15, 0.2) is 22.4 Å². The standard InChI is InChI=1S/C8H7ClN4OS/c9-7-10-2-1-6(13-7)11-3-5-4-15-8(14)12-5/h1-2,4H,3H2,(H,12,14)(H,10,11,13). The van der Waals surface area contributed by atoms with Gasteiger partial charge in [-0.1, -0.05) is 11.3 Å². The molecule has 0 atom stereocenters. The molecule has 2 heterocycles. The first-order valence-corrected chi connectivity index (χ1v) is 5.39. The number of halogens is 1. The van der Waals surface area contributed by atoms with E-state index >= 15 is 0 Å². The van der Waals surface area contributed by atoms with Gasteiger partial charge >= 0.3 is 4.87 Å². The van der Waals surface area contributed by atoms with Gasteiger partial charge in [-0.05, 0) is 17.7 Å². The lowest BCUT2D eigenvalue weighted by Gasteiger charge is -2.02. The largest absolute Gasteiger partial charge is 0.364 e. The van der Waals surface area contributed by atoms with E-state index in [9.17, 15) is 4.79 Å². The van der Waals surface area contributed by atoms with Crippen molar-refractivity contribution >= 4 is 28.8 Å². The van der Waals surface area contributed by atoms with Crippen molar-refractivity contribution in [2.75, 3.05) is 5.32 Å². The molecule has 78 valence electrons. The van der Waals surface area contributed by atoms with E-state index in [0.717, 1.165) is 17.0 Å². The average Bonchev–Trinajstić information content (AvgIpc) is 2.62. The zero-order valence-corrected chi connectivity index (χ0v) is 9.10. The molecule has 0 aliphatic carbocycles. The van der Waals surface area contributed by atoms with Gasteiger partial charge < -0.3 is 10.3 Å². The van der Waals surface area contributed by atoms with Crippen molar-refractivity contribution in [1.29, 1.82) is 0 Å². The minimum atomic E-state index is -0.0625. The molecule has 0 fully saturated rings. The third-order valence-electron chi connectivity index (χ3n) is 1.66. The Labute approximate surface area is 94.2 Å². The summed E-state index contributed by atoms with van der Waals surface area (Å²) in [6, 6.07) is 1.70. The lowest BCUT2D eigenvalue weighted by Crippen LogP contribution is -2.04. The second-order valence-corrected chi connectivity index (χ2v) is 3.92. The lowest BCUT2D eigenvalue weighted by atomic mass is 10.4. The molecule has 0 aliphatic heterocycles. The van der Waals surface area contributed by atoms with Crippen LogP contribution >= 0.6 is 22.9 Å². The number of rotatable bonds is 3. The predicted molar refractivity (Wildman–Crippen MR) is 59.3 cm³/mol. The SMILES string of the molecule is O=c1[nH]c(CNc2ccnc(Cl)n2)cs1. The van der Waals surface area contributed by atoms with Crippen LogP contribution in [0, 0.1) is 0 Å². The fourth-order valence-corrected chi connectivity index (χ4v) is 1.75. The fourth-order valence-electron chi connectivity index (χ4n) is 1.02. The highest BCUT2D eigenvalue weighted by Crippen LogP contribution is 2.07. The maximum atomic E-state index is 10.8. The molecule has 5 nitrogen and oxygen atoms in total. The Morgan fingerprint density at radius 3 is 3.13 bits per heavy atom. The minimum absolute atomic E-state index is 0.0625. The van der Waals surface area contributed by atoms with Gasteiger partial charge in [0.1, 0.15) is 5.82 Å². The third-order valence-corrected chi connectivity index (χ3v) is 2.56. The summed E-state index contributed by atoms with van der Waals surface area (Å²) in [6.45, 7) is 0.506. The highest BCUT2D eigenvalue weighted by atomic mass is 35.5. The van der Waals surface area contributed by atoms with Crippen LogP contribution in [0.3, 0.4) is 0 Å². The first-order valence-electron chi connectivity index (χ1n) is 4.13. The van der Waals surface area contributed by atoms with Gasteiger partial charge in [-0.15, -0.1) is 0 Å². The Morgan fingerprint density at radius 1 is 1.60 bits per heavy atom. The highest BCUT2D eigenvalue weighted by molar-refractivity contribution is 7.07. The average molecular weight is 243 g/mol. The van der Waals surface area contributed by atoms with Gasteiger partial charge in [0.2, 0.25) is 5.28 Å². The Kier molecular flexibility index (Phi) is 2.98. The summed E-state index contributed by atoms with van der Waals surface area (Å²) in [5, 5.41) is 4.97. The summed E-state index contributed by atoms with van der Waals surface area (Å²) in [5.74, 6) is 0.627. The Hall–Kier alpha value is -1.40. The van der Waals surface area contributed by atoms with Gasteiger partial charge in [-0.25, -0.2) is 9.97 Å². The van der Waals surface area contributed by atoms with Crippen molar-refractivity contribution < 1.29 is 0 Å². The van der Waals surface area contributed by atoms with E-state index < -0.39 is 0 Å². The molecular weight excluding hydrogens is 236 g/mol. The van der Waals surface area contributed by atoms with E-state index in [1.54, 1.807) is 17.6 Å². The molecule has 7 heteroatoms. The molecule has 0 radical (unpaired) electrons. The van der Waals surface area contributed by atoms with Crippen molar-refractivity contribution in [3.63, 3.8) is 0 Å². The predicted octanol–water partition coefficient (Wildman–Crippen LogP) is 1.49. The van der Waals surface area contributed by atoms with Gasteiger partial charge in [0.05, 0.1) is 6.54 Å². The second-order valence-electron chi connectivity index (χ2n) is 2.74. The molecule has 0 unspecified atom stereocenters. The van der Waals surface area contributed by atoms with Crippen molar-refractivity contribution in [3.8, 4) is 0 Å². The monoisotopic (exact) mass is 242 g/mol. The van der Waals surface area contributed by atoms with Crippen molar-refractivity contribution in [2.24, 2.45) is 0 Å². The Bertz CT molecular complexity index is 509. The topological polar surface area (TPSA) is 70.7 Å². The number of H-pyrrole nitrogens is 1. The highest BCUT2D eigenvalue weighted by Gasteiger charge is 1.98. The number of aromatic amines is 1. The molecule has 0 saturated carbocycles. The third kappa shape index (κ3) is 2.77. The summed E-state index contributed by atoms with van der Waals surface area (Å²) in [4.78, 5) is 21.2. The van der Waals surface area contributed by atoms with Gasteiger partial charge in [-0.3, -0.25) is 4.79 Å². The van der Waals surface area contributed by atoms with E-state index in [1.807, 2.05) is 0 Å². The summed E-state index contributed by atoms with van der Waals surface area (Å²) >= 11 is 6.75. The first-order chi connectivity index (χ1) is 7.24. The fraction of sp³-hybridized carbons (Fsp3) is 0.125. The zero-order valence-electron chi connectivity index (χ0n) is 7.53. The zero-order chi connectivity index (χ0) is 10.7. The van der Waals surface area contributed by atoms with Crippen molar-refractivity contribution in [3.05, 3.63) is 38.3 Å². The van der Waals surface area contributed by atoms with Crippen LogP contribution in [-0.4, -0.2) is 15.0 Å². The normalized spacial score (nSPS) is 10.2. The molecule has 0 spiro atoms. The Balaban J connectivity index is 2.02. The van der Waals surface area contributed by atoms with Crippen LogP contribution in [0.2, 0.25) is 5.28 Å². The van der Waals surface area contributed by atoms with Gasteiger partial charge in [0, 0.05) is 17.3 Å². The van der Waals surface area contributed by atoms with Crippen LogP contribution in [0.5, 0.6) is 0 Å². The van der Waals surface area contributed by atoms with Crippen LogP contribution < -0.4 is 10.2 Å². The van der Waals surface area contributed by atoms with Crippen molar-refractivity contribution in [2.45, 2.75) is 6.54 Å². The second kappa shape index (κ2) is 4.41. The van der Waals surface area contributed by atoms with E-state index in [4.69, 9.17) is 11.6 Å². The maximum absolute atomic E-state index is 10.8. The van der Waals surface area contributed by atoms with Crippen molar-refractivity contribution in [1.82, 2.24) is 15.0 Å². The quantitative estimate of drug-likeness (QED) is 0.800. The number of nitrogens with zero attached hydrogens (tertiary/aromatic N) is 2. The maximum Gasteiger partial charge on any atom is 0.304 e. The van der Waals surface area contributed by atoms with E-state index in [-0.39, 0.29) is 10.2 Å². The number of anilines is 1. The summed E-state index contributed by atoms with van der Waals surface area (Å²) in [5.41, 5.74) is 0.819. The Morgan fingerprint density at radius 2 is 2.47 bits per heavy atom. The van der Waals surface area contributed by atoms with E-state index in [1.165, 1.54) is 0 Å². The molecule has 15 heavy (non-hydrogen) atoms. The molecule has 0 amide bonds. The molecule has 0 bridgehead atoms. The molecule has 2 aromatic heterocycles. The van der Waals surface area contributed by atoms with Crippen LogP contribution in [0.1, 0.15) is 5.69 Å². The van der Waals surface area contributed by atoms with E-state index in [2.05, 4.69) is 20.3 Å². The molecule has 2 N–H and O–H groups in total. The molecule has 2 rings (SSSR count). The number of hydrogen-bond acceptors (Lipinski definition) is 5. The van der Waals surface area contributed by atoms with Gasteiger partial charge in [0.25, 0.3) is 0 Å². The molecule has 0 aromatic carbocycles. The van der Waals surface area contributed by atoms with Crippen LogP contribution in [0.25, 0.3) is 0 Å². The summed E-state index contributed by atoms with van der Waals surface area (Å²) in [7, 11) is 0. The number of hydrogen-bond donors (Lipinski definition) is 2. The number of thiazole rings is 1. The summed E-state index contributed by atoms with van der Waals surface area (Å²) in [6.07, 6.45) is 1.56. The summed E-state index contributed by atoms with van der Waals surface area (Å²) < 4.78 is 0. The lowest BCUT2D eigenvalue weighted by molar-refractivity contribution is 1.03. The van der Waals surface area contributed by atoms with Crippen LogP contribution in [0.4, 0.5) is 5.82 Å². The van der Waals surface area contributed by atoms with Gasteiger partial charge in [0.15, 0.2) is 0 Å².